The van der Waals surface area contributed by atoms with Gasteiger partial charge in [0.05, 0.1) is 30.7 Å². The van der Waals surface area contributed by atoms with Crippen LogP contribution in [0, 0.1) is 11.3 Å². The fourth-order valence-corrected chi connectivity index (χ4v) is 6.90. The molecule has 2 heterocycles. The molecule has 1 amide bonds. The number of aromatic nitrogens is 1. The van der Waals surface area contributed by atoms with Crippen molar-refractivity contribution >= 4 is 57.3 Å². The van der Waals surface area contributed by atoms with Gasteiger partial charge >= 0.3 is 0 Å². The van der Waals surface area contributed by atoms with Crippen molar-refractivity contribution in [1.82, 2.24) is 4.98 Å². The number of nitrogens with zero attached hydrogens (tertiary/aromatic N) is 2. The summed E-state index contributed by atoms with van der Waals surface area (Å²) in [6, 6.07) is 34.4. The molecule has 6 aromatic rings. The monoisotopic (exact) mass is 681 g/mol. The lowest BCUT2D eigenvalue weighted by Crippen LogP contribution is -2.22. The molecule has 242 valence electrons. The maximum absolute atomic E-state index is 13.5. The zero-order chi connectivity index (χ0) is 34.3. The Balaban J connectivity index is 1.32. The molecule has 0 spiro atoms. The van der Waals surface area contributed by atoms with Crippen LogP contribution in [0.25, 0.3) is 39.2 Å². The summed E-state index contributed by atoms with van der Waals surface area (Å²) in [7, 11) is 3.16. The third-order valence-corrected chi connectivity index (χ3v) is 9.82. The van der Waals surface area contributed by atoms with Gasteiger partial charge in [0.25, 0.3) is 0 Å². The van der Waals surface area contributed by atoms with Crippen molar-refractivity contribution in [2.24, 2.45) is 0 Å². The molecule has 49 heavy (non-hydrogen) atoms. The smallest absolute Gasteiger partial charge is 0.237 e. The number of methoxy groups -OCH3 is 2. The van der Waals surface area contributed by atoms with Gasteiger partial charge in [-0.2, -0.15) is 5.26 Å². The summed E-state index contributed by atoms with van der Waals surface area (Å²) in [6.45, 7) is 1.77. The predicted octanol–water partition coefficient (Wildman–Crippen LogP) is 9.53. The van der Waals surface area contributed by atoms with Gasteiger partial charge in [-0.3, -0.25) is 9.59 Å². The molecule has 6 rings (SSSR count). The van der Waals surface area contributed by atoms with Gasteiger partial charge in [0.2, 0.25) is 5.91 Å². The van der Waals surface area contributed by atoms with Crippen LogP contribution in [0.3, 0.4) is 0 Å². The van der Waals surface area contributed by atoms with E-state index < -0.39 is 5.25 Å². The van der Waals surface area contributed by atoms with Crippen molar-refractivity contribution in [3.8, 4) is 40.0 Å². The molecule has 0 aliphatic rings. The van der Waals surface area contributed by atoms with Gasteiger partial charge in [-0.1, -0.05) is 60.3 Å². The number of thioether (sulfide) groups is 1. The molecule has 0 saturated carbocycles. The van der Waals surface area contributed by atoms with Crippen LogP contribution in [0.4, 0.5) is 5.69 Å². The Morgan fingerprint density at radius 2 is 1.69 bits per heavy atom. The van der Waals surface area contributed by atoms with E-state index >= 15 is 0 Å². The summed E-state index contributed by atoms with van der Waals surface area (Å²) >= 11 is 2.76. The number of ether oxygens (including phenoxy) is 2. The Hall–Kier alpha value is -5.69. The average molecular weight is 682 g/mol. The summed E-state index contributed by atoms with van der Waals surface area (Å²) in [4.78, 5) is 32.1. The molecule has 0 aliphatic heterocycles. The number of ketones is 1. The third kappa shape index (κ3) is 7.41. The highest BCUT2D eigenvalue weighted by Crippen LogP contribution is 2.41. The normalized spacial score (nSPS) is 11.6. The van der Waals surface area contributed by atoms with Crippen LogP contribution in [0.1, 0.15) is 27.7 Å². The zero-order valence-electron chi connectivity index (χ0n) is 27.0. The van der Waals surface area contributed by atoms with E-state index in [1.807, 2.05) is 72.1 Å². The summed E-state index contributed by atoms with van der Waals surface area (Å²) in [5, 5.41) is 17.3. The van der Waals surface area contributed by atoms with E-state index in [4.69, 9.17) is 14.5 Å². The van der Waals surface area contributed by atoms with Crippen molar-refractivity contribution in [2.45, 2.75) is 17.2 Å². The Morgan fingerprint density at radius 1 is 0.898 bits per heavy atom. The van der Waals surface area contributed by atoms with Gasteiger partial charge < -0.3 is 14.8 Å². The van der Waals surface area contributed by atoms with Gasteiger partial charge in [-0.05, 0) is 89.8 Å². The first-order chi connectivity index (χ1) is 23.9. The number of rotatable bonds is 11. The topological polar surface area (TPSA) is 101 Å². The fraction of sp³-hybridized carbons (Fsp3) is 0.100. The molecule has 0 bridgehead atoms. The number of nitrogens with one attached hydrogen (secondary N) is 1. The minimum atomic E-state index is -0.627. The van der Waals surface area contributed by atoms with Gasteiger partial charge in [-0.25, -0.2) is 4.98 Å². The van der Waals surface area contributed by atoms with Crippen LogP contribution in [-0.2, 0) is 4.79 Å². The highest BCUT2D eigenvalue weighted by Gasteiger charge is 2.24. The van der Waals surface area contributed by atoms with Crippen LogP contribution in [0.2, 0.25) is 0 Å². The molecule has 0 aliphatic carbocycles. The minimum absolute atomic E-state index is 0.125. The Labute approximate surface area is 292 Å². The van der Waals surface area contributed by atoms with Crippen molar-refractivity contribution in [3.05, 3.63) is 131 Å². The van der Waals surface area contributed by atoms with E-state index in [1.165, 1.54) is 11.8 Å². The second kappa shape index (κ2) is 15.0. The molecule has 1 N–H and O–H groups in total. The van der Waals surface area contributed by atoms with Gasteiger partial charge in [0.15, 0.2) is 5.78 Å². The SMILES string of the molecule is COc1ccc(OC)c(-c2cc(-c3cccc4ccccc34)nc(S[C@@H](C)C(=O)Nc3ccc(C(=O)/C=C/c4cccs4)cc3)c2C#N)c1. The predicted molar refractivity (Wildman–Crippen MR) is 199 cm³/mol. The summed E-state index contributed by atoms with van der Waals surface area (Å²) in [5.41, 5.74) is 4.21. The lowest BCUT2D eigenvalue weighted by atomic mass is 9.96. The lowest BCUT2D eigenvalue weighted by Gasteiger charge is -2.18. The zero-order valence-corrected chi connectivity index (χ0v) is 28.6. The molecule has 9 heteroatoms. The molecule has 4 aromatic carbocycles. The number of hydrogen-bond acceptors (Lipinski definition) is 8. The van der Waals surface area contributed by atoms with Crippen LogP contribution in [0.15, 0.2) is 120 Å². The van der Waals surface area contributed by atoms with Crippen molar-refractivity contribution in [2.75, 3.05) is 19.5 Å². The molecular formula is C40H31N3O4S2. The van der Waals surface area contributed by atoms with Crippen molar-refractivity contribution in [1.29, 1.82) is 5.26 Å². The Bertz CT molecular complexity index is 2220. The number of carbonyl (C=O) groups excluding carboxylic acids is 2. The largest absolute Gasteiger partial charge is 0.497 e. The number of nitriles is 1. The van der Waals surface area contributed by atoms with Crippen LogP contribution < -0.4 is 14.8 Å². The quantitative estimate of drug-likeness (QED) is 0.0826. The molecule has 0 fully saturated rings. The molecule has 0 radical (unpaired) electrons. The Morgan fingerprint density at radius 3 is 2.43 bits per heavy atom. The van der Waals surface area contributed by atoms with E-state index in [0.29, 0.717) is 50.2 Å². The number of pyridine rings is 1. The number of carbonyl (C=O) groups is 2. The van der Waals surface area contributed by atoms with E-state index in [-0.39, 0.29) is 11.7 Å². The first kappa shape index (κ1) is 33.2. The highest BCUT2D eigenvalue weighted by atomic mass is 32.2. The van der Waals surface area contributed by atoms with Crippen LogP contribution >= 0.6 is 23.1 Å². The summed E-state index contributed by atoms with van der Waals surface area (Å²) in [5.74, 6) is 0.776. The first-order valence-corrected chi connectivity index (χ1v) is 17.1. The third-order valence-electron chi connectivity index (χ3n) is 7.90. The van der Waals surface area contributed by atoms with Gasteiger partial charge in [0, 0.05) is 32.8 Å². The standard InChI is InChI=1S/C40H31N3O4S2/c1-25(39(45)42-28-15-13-27(14-16-28)37(44)19-18-30-10-7-21-48-30)49-40-35(24-41)33(34-22-29(46-2)17-20-38(34)47-3)23-36(43-40)32-12-6-9-26-8-4-5-11-31(26)32/h4-23,25H,1-3H3,(H,42,45)/b19-18+/t25-/m0/s1. The number of thiophene rings is 1. The second-order valence-electron chi connectivity index (χ2n) is 11.0. The molecule has 0 saturated heterocycles. The minimum Gasteiger partial charge on any atom is -0.497 e. The lowest BCUT2D eigenvalue weighted by molar-refractivity contribution is -0.115. The molecule has 1 atom stereocenters. The first-order valence-electron chi connectivity index (χ1n) is 15.4. The number of benzene rings is 4. The van der Waals surface area contributed by atoms with Gasteiger partial charge in [0.1, 0.15) is 22.6 Å². The molecule has 7 nitrogen and oxygen atoms in total. The fourth-order valence-electron chi connectivity index (χ4n) is 5.36. The van der Waals surface area contributed by atoms with Crippen molar-refractivity contribution < 1.29 is 19.1 Å². The number of hydrogen-bond donors (Lipinski definition) is 1. The average Bonchev–Trinajstić information content (AvgIpc) is 3.67. The maximum atomic E-state index is 13.5. The molecule has 2 aromatic heterocycles. The number of amides is 1. The number of allylic oxidation sites excluding steroid dienone is 1. The number of fused-ring (bicyclic) bond motifs is 1. The molecular weight excluding hydrogens is 651 g/mol. The summed E-state index contributed by atoms with van der Waals surface area (Å²) in [6.07, 6.45) is 3.33. The van der Waals surface area contributed by atoms with Crippen molar-refractivity contribution in [3.63, 3.8) is 0 Å². The van der Waals surface area contributed by atoms with Gasteiger partial charge in [-0.15, -0.1) is 11.3 Å². The summed E-state index contributed by atoms with van der Waals surface area (Å²) < 4.78 is 11.2. The second-order valence-corrected chi connectivity index (χ2v) is 13.3. The maximum Gasteiger partial charge on any atom is 0.237 e. The highest BCUT2D eigenvalue weighted by molar-refractivity contribution is 8.00. The van der Waals surface area contributed by atoms with E-state index in [1.54, 1.807) is 81.0 Å². The molecule has 0 unspecified atom stereocenters. The van der Waals surface area contributed by atoms with E-state index in [2.05, 4.69) is 11.4 Å². The van der Waals surface area contributed by atoms with E-state index in [0.717, 1.165) is 21.2 Å². The van der Waals surface area contributed by atoms with E-state index in [9.17, 15) is 14.9 Å². The number of anilines is 1. The van der Waals surface area contributed by atoms with Crippen LogP contribution in [-0.4, -0.2) is 36.1 Å². The van der Waals surface area contributed by atoms with Crippen LogP contribution in [0.5, 0.6) is 11.5 Å². The Kier molecular flexibility index (Phi) is 10.2.